The highest BCUT2D eigenvalue weighted by atomic mass is 35.5. The van der Waals surface area contributed by atoms with Crippen molar-refractivity contribution in [2.45, 2.75) is 6.54 Å². The van der Waals surface area contributed by atoms with Gasteiger partial charge in [-0.3, -0.25) is 5.10 Å². The molecule has 0 fully saturated rings. The summed E-state index contributed by atoms with van der Waals surface area (Å²) >= 11 is 5.76. The molecule has 2 aromatic carbocycles. The zero-order valence-corrected chi connectivity index (χ0v) is 11.9. The summed E-state index contributed by atoms with van der Waals surface area (Å²) < 4.78 is 13.1. The van der Waals surface area contributed by atoms with Crippen molar-refractivity contribution < 1.29 is 4.39 Å². The smallest absolute Gasteiger partial charge is 0.141 e. The second-order valence-electron chi connectivity index (χ2n) is 4.65. The van der Waals surface area contributed by atoms with Gasteiger partial charge in [0.05, 0.1) is 10.7 Å². The first-order valence-corrected chi connectivity index (χ1v) is 6.88. The van der Waals surface area contributed by atoms with Crippen LogP contribution in [0.25, 0.3) is 11.3 Å². The minimum atomic E-state index is -0.399. The van der Waals surface area contributed by atoms with Crippen molar-refractivity contribution in [1.29, 1.82) is 0 Å². The average molecular weight is 302 g/mol. The largest absolute Gasteiger partial charge is 0.381 e. The fourth-order valence-electron chi connectivity index (χ4n) is 2.04. The molecule has 0 bridgehead atoms. The highest BCUT2D eigenvalue weighted by Gasteiger charge is 2.02. The summed E-state index contributed by atoms with van der Waals surface area (Å²) in [5, 5.41) is 10.3. The van der Waals surface area contributed by atoms with Gasteiger partial charge in [-0.1, -0.05) is 29.8 Å². The Morgan fingerprint density at radius 1 is 1.10 bits per heavy atom. The third-order valence-electron chi connectivity index (χ3n) is 3.18. The van der Waals surface area contributed by atoms with Crippen LogP contribution in [0.1, 0.15) is 5.56 Å². The number of benzene rings is 2. The van der Waals surface area contributed by atoms with Gasteiger partial charge in [-0.2, -0.15) is 5.10 Å². The standard InChI is InChI=1S/C16H13ClFN3/c17-14-9-11(1-6-15(14)18)10-19-13-4-2-12(3-5-13)16-7-8-20-21-16/h1-9,19H,10H2,(H,20,21). The zero-order valence-electron chi connectivity index (χ0n) is 11.1. The quantitative estimate of drug-likeness (QED) is 0.746. The van der Waals surface area contributed by atoms with E-state index < -0.39 is 5.82 Å². The van der Waals surface area contributed by atoms with Crippen LogP contribution in [0.5, 0.6) is 0 Å². The number of H-pyrrole nitrogens is 1. The first kappa shape index (κ1) is 13.6. The van der Waals surface area contributed by atoms with E-state index >= 15 is 0 Å². The molecule has 0 saturated carbocycles. The predicted molar refractivity (Wildman–Crippen MR) is 82.8 cm³/mol. The fraction of sp³-hybridized carbons (Fsp3) is 0.0625. The first-order valence-electron chi connectivity index (χ1n) is 6.50. The van der Waals surface area contributed by atoms with Gasteiger partial charge < -0.3 is 5.32 Å². The molecule has 0 atom stereocenters. The van der Waals surface area contributed by atoms with E-state index in [9.17, 15) is 4.39 Å². The Balaban J connectivity index is 1.66. The van der Waals surface area contributed by atoms with Crippen molar-refractivity contribution >= 4 is 17.3 Å². The van der Waals surface area contributed by atoms with Gasteiger partial charge in [0.2, 0.25) is 0 Å². The molecule has 2 N–H and O–H groups in total. The minimum absolute atomic E-state index is 0.142. The summed E-state index contributed by atoms with van der Waals surface area (Å²) in [5.74, 6) is -0.399. The topological polar surface area (TPSA) is 40.7 Å². The molecule has 3 rings (SSSR count). The summed E-state index contributed by atoms with van der Waals surface area (Å²) in [7, 11) is 0. The number of rotatable bonds is 4. The van der Waals surface area contributed by atoms with Crippen molar-refractivity contribution in [2.24, 2.45) is 0 Å². The normalized spacial score (nSPS) is 10.6. The van der Waals surface area contributed by atoms with E-state index in [2.05, 4.69) is 15.5 Å². The monoisotopic (exact) mass is 301 g/mol. The lowest BCUT2D eigenvalue weighted by molar-refractivity contribution is 0.627. The minimum Gasteiger partial charge on any atom is -0.381 e. The zero-order chi connectivity index (χ0) is 14.7. The first-order chi connectivity index (χ1) is 10.2. The highest BCUT2D eigenvalue weighted by molar-refractivity contribution is 6.30. The molecule has 1 aromatic heterocycles. The summed E-state index contributed by atoms with van der Waals surface area (Å²) in [6, 6.07) is 14.6. The molecule has 0 aliphatic carbocycles. The van der Waals surface area contributed by atoms with E-state index in [1.165, 1.54) is 6.07 Å². The lowest BCUT2D eigenvalue weighted by atomic mass is 10.1. The molecule has 0 saturated heterocycles. The van der Waals surface area contributed by atoms with Crippen LogP contribution in [0.2, 0.25) is 5.02 Å². The number of halogens is 2. The second kappa shape index (κ2) is 5.97. The Kier molecular flexibility index (Phi) is 3.88. The molecule has 0 radical (unpaired) electrons. The van der Waals surface area contributed by atoms with Crippen LogP contribution in [0, 0.1) is 5.82 Å². The van der Waals surface area contributed by atoms with E-state index in [4.69, 9.17) is 11.6 Å². The van der Waals surface area contributed by atoms with Crippen LogP contribution < -0.4 is 5.32 Å². The van der Waals surface area contributed by atoms with E-state index in [-0.39, 0.29) is 5.02 Å². The molecular weight excluding hydrogens is 289 g/mol. The molecule has 0 aliphatic rings. The van der Waals surface area contributed by atoms with Gasteiger partial charge >= 0.3 is 0 Å². The molecule has 5 heteroatoms. The van der Waals surface area contributed by atoms with Gasteiger partial charge in [0.25, 0.3) is 0 Å². The third kappa shape index (κ3) is 3.23. The van der Waals surface area contributed by atoms with E-state index in [0.29, 0.717) is 6.54 Å². The lowest BCUT2D eigenvalue weighted by Gasteiger charge is -2.08. The predicted octanol–water partition coefficient (Wildman–Crippen LogP) is 4.48. The molecule has 0 amide bonds. The summed E-state index contributed by atoms with van der Waals surface area (Å²) in [6.45, 7) is 0.587. The number of hydrogen-bond acceptors (Lipinski definition) is 2. The molecular formula is C16H13ClFN3. The van der Waals surface area contributed by atoms with Crippen molar-refractivity contribution in [3.8, 4) is 11.3 Å². The third-order valence-corrected chi connectivity index (χ3v) is 3.47. The molecule has 21 heavy (non-hydrogen) atoms. The maximum atomic E-state index is 13.1. The summed E-state index contributed by atoms with van der Waals surface area (Å²) in [4.78, 5) is 0. The lowest BCUT2D eigenvalue weighted by Crippen LogP contribution is -1.99. The van der Waals surface area contributed by atoms with Gasteiger partial charge in [0.1, 0.15) is 5.82 Å². The van der Waals surface area contributed by atoms with E-state index in [1.807, 2.05) is 30.3 Å². The number of aromatic amines is 1. The molecule has 0 spiro atoms. The molecule has 3 nitrogen and oxygen atoms in total. The Morgan fingerprint density at radius 3 is 2.57 bits per heavy atom. The fourth-order valence-corrected chi connectivity index (χ4v) is 2.24. The van der Waals surface area contributed by atoms with Crippen molar-refractivity contribution in [3.63, 3.8) is 0 Å². The Labute approximate surface area is 126 Å². The van der Waals surface area contributed by atoms with Crippen molar-refractivity contribution in [3.05, 3.63) is 71.1 Å². The maximum absolute atomic E-state index is 13.1. The van der Waals surface area contributed by atoms with E-state index in [0.717, 1.165) is 22.5 Å². The van der Waals surface area contributed by atoms with Crippen LogP contribution in [0.3, 0.4) is 0 Å². The van der Waals surface area contributed by atoms with Crippen LogP contribution >= 0.6 is 11.6 Å². The number of anilines is 1. The molecule has 0 aliphatic heterocycles. The summed E-state index contributed by atoms with van der Waals surface area (Å²) in [5.41, 5.74) is 3.97. The Hall–Kier alpha value is -2.33. The highest BCUT2D eigenvalue weighted by Crippen LogP contribution is 2.20. The van der Waals surface area contributed by atoms with Gasteiger partial charge in [-0.15, -0.1) is 0 Å². The molecule has 106 valence electrons. The van der Waals surface area contributed by atoms with Crippen LogP contribution in [0.4, 0.5) is 10.1 Å². The Bertz CT molecular complexity index is 724. The average Bonchev–Trinajstić information content (AvgIpc) is 3.03. The van der Waals surface area contributed by atoms with Gasteiger partial charge in [0, 0.05) is 18.4 Å². The van der Waals surface area contributed by atoms with Gasteiger partial charge in [-0.25, -0.2) is 4.39 Å². The number of nitrogens with one attached hydrogen (secondary N) is 2. The van der Waals surface area contributed by atoms with Gasteiger partial charge in [0.15, 0.2) is 0 Å². The maximum Gasteiger partial charge on any atom is 0.141 e. The number of hydrogen-bond donors (Lipinski definition) is 2. The summed E-state index contributed by atoms with van der Waals surface area (Å²) in [6.07, 6.45) is 1.72. The Morgan fingerprint density at radius 2 is 1.90 bits per heavy atom. The van der Waals surface area contributed by atoms with Crippen molar-refractivity contribution in [1.82, 2.24) is 10.2 Å². The molecule has 3 aromatic rings. The van der Waals surface area contributed by atoms with Gasteiger partial charge in [-0.05, 0) is 41.5 Å². The van der Waals surface area contributed by atoms with Crippen LogP contribution in [0.15, 0.2) is 54.7 Å². The number of aromatic nitrogens is 2. The molecule has 0 unspecified atom stereocenters. The SMILES string of the molecule is Fc1ccc(CNc2ccc(-c3ccn[nH]3)cc2)cc1Cl. The second-order valence-corrected chi connectivity index (χ2v) is 5.06. The van der Waals surface area contributed by atoms with Crippen molar-refractivity contribution in [2.75, 3.05) is 5.32 Å². The van der Waals surface area contributed by atoms with E-state index in [1.54, 1.807) is 18.3 Å². The van der Waals surface area contributed by atoms with Crippen LogP contribution in [-0.2, 0) is 6.54 Å². The van der Waals surface area contributed by atoms with Crippen LogP contribution in [-0.4, -0.2) is 10.2 Å². The molecule has 1 heterocycles. The number of nitrogens with zero attached hydrogens (tertiary/aromatic N) is 1.